The largest absolute Gasteiger partial charge is 0.383 e. The highest BCUT2D eigenvalue weighted by molar-refractivity contribution is 7.92. The Kier molecular flexibility index (Phi) is 4.56. The van der Waals surface area contributed by atoms with Gasteiger partial charge < -0.3 is 10.7 Å². The van der Waals surface area contributed by atoms with Crippen molar-refractivity contribution in [2.75, 3.05) is 23.5 Å². The van der Waals surface area contributed by atoms with E-state index in [1.165, 1.54) is 12.1 Å². The van der Waals surface area contributed by atoms with Crippen LogP contribution in [0, 0.1) is 10.1 Å². The number of anilines is 2. The molecule has 1 rings (SSSR count). The highest BCUT2D eigenvalue weighted by Crippen LogP contribution is 2.25. The van der Waals surface area contributed by atoms with E-state index < -0.39 is 19.5 Å². The van der Waals surface area contributed by atoms with Gasteiger partial charge in [-0.05, 0) is 19.9 Å². The van der Waals surface area contributed by atoms with Crippen LogP contribution < -0.4 is 16.6 Å². The summed E-state index contributed by atoms with van der Waals surface area (Å²) in [7, 11) is -3.25. The SMILES string of the molecule is CC(C)(CNc1cc(NN)cc([N+](=O)[O-])c1)S(C)(=O)=O. The molecule has 0 aliphatic rings. The van der Waals surface area contributed by atoms with Gasteiger partial charge in [0.25, 0.3) is 5.69 Å². The van der Waals surface area contributed by atoms with E-state index in [1.54, 1.807) is 19.9 Å². The van der Waals surface area contributed by atoms with Crippen LogP contribution in [0.3, 0.4) is 0 Å². The van der Waals surface area contributed by atoms with Crippen molar-refractivity contribution in [3.05, 3.63) is 28.3 Å². The van der Waals surface area contributed by atoms with E-state index in [9.17, 15) is 18.5 Å². The molecule has 0 saturated carbocycles. The van der Waals surface area contributed by atoms with Crippen LogP contribution in [0.1, 0.15) is 13.8 Å². The average Bonchev–Trinajstić information content (AvgIpc) is 2.34. The van der Waals surface area contributed by atoms with E-state index in [-0.39, 0.29) is 12.2 Å². The summed E-state index contributed by atoms with van der Waals surface area (Å²) in [5, 5.41) is 13.7. The maximum absolute atomic E-state index is 11.6. The number of non-ortho nitro benzene ring substituents is 1. The summed E-state index contributed by atoms with van der Waals surface area (Å²) in [5.74, 6) is 5.24. The molecule has 0 fully saturated rings. The maximum atomic E-state index is 11.6. The first-order valence-corrected chi connectivity index (χ1v) is 7.65. The summed E-state index contributed by atoms with van der Waals surface area (Å²) in [4.78, 5) is 10.2. The Bertz CT molecular complexity index is 613. The lowest BCUT2D eigenvalue weighted by Gasteiger charge is -2.23. The molecule has 0 aromatic heterocycles. The molecule has 0 bridgehead atoms. The number of hydrazine groups is 1. The van der Waals surface area contributed by atoms with Crippen molar-refractivity contribution in [2.24, 2.45) is 5.84 Å². The third-order valence-corrected chi connectivity index (χ3v) is 5.17. The second kappa shape index (κ2) is 5.63. The summed E-state index contributed by atoms with van der Waals surface area (Å²) in [5.41, 5.74) is 2.97. The normalized spacial score (nSPS) is 12.0. The molecule has 0 saturated heterocycles. The first kappa shape index (κ1) is 16.2. The van der Waals surface area contributed by atoms with E-state index in [1.807, 2.05) is 0 Å². The number of nitrogen functional groups attached to an aromatic ring is 1. The molecule has 20 heavy (non-hydrogen) atoms. The van der Waals surface area contributed by atoms with E-state index >= 15 is 0 Å². The zero-order valence-electron chi connectivity index (χ0n) is 11.5. The number of sulfone groups is 1. The second-order valence-corrected chi connectivity index (χ2v) is 7.70. The molecule has 9 heteroatoms. The number of benzene rings is 1. The topological polar surface area (TPSA) is 127 Å². The predicted octanol–water partition coefficient (Wildman–Crippen LogP) is 1.12. The summed E-state index contributed by atoms with van der Waals surface area (Å²) in [6.07, 6.45) is 1.15. The van der Waals surface area contributed by atoms with Crippen LogP contribution >= 0.6 is 0 Å². The Balaban J connectivity index is 2.99. The van der Waals surface area contributed by atoms with E-state index in [0.29, 0.717) is 11.4 Å². The lowest BCUT2D eigenvalue weighted by Crippen LogP contribution is -2.38. The number of nitro groups is 1. The van der Waals surface area contributed by atoms with Gasteiger partial charge in [0.2, 0.25) is 0 Å². The highest BCUT2D eigenvalue weighted by Gasteiger charge is 2.29. The highest BCUT2D eigenvalue weighted by atomic mass is 32.2. The van der Waals surface area contributed by atoms with Gasteiger partial charge in [-0.1, -0.05) is 0 Å². The second-order valence-electron chi connectivity index (χ2n) is 5.06. The minimum Gasteiger partial charge on any atom is -0.383 e. The summed E-state index contributed by atoms with van der Waals surface area (Å²) < 4.78 is 22.2. The van der Waals surface area contributed by atoms with Crippen LogP contribution in [0.2, 0.25) is 0 Å². The predicted molar refractivity (Wildman–Crippen MR) is 78.3 cm³/mol. The van der Waals surface area contributed by atoms with E-state index in [0.717, 1.165) is 6.26 Å². The van der Waals surface area contributed by atoms with E-state index in [2.05, 4.69) is 10.7 Å². The van der Waals surface area contributed by atoms with Gasteiger partial charge in [0, 0.05) is 30.6 Å². The number of hydrogen-bond acceptors (Lipinski definition) is 7. The average molecular weight is 302 g/mol. The summed E-state index contributed by atoms with van der Waals surface area (Å²) >= 11 is 0. The monoisotopic (exact) mass is 302 g/mol. The Morgan fingerprint density at radius 3 is 2.30 bits per heavy atom. The lowest BCUT2D eigenvalue weighted by atomic mass is 10.2. The third-order valence-electron chi connectivity index (χ3n) is 3.02. The molecule has 0 radical (unpaired) electrons. The van der Waals surface area contributed by atoms with Crippen molar-refractivity contribution in [3.63, 3.8) is 0 Å². The molecule has 1 aromatic carbocycles. The van der Waals surface area contributed by atoms with Crippen LogP contribution in [0.4, 0.5) is 17.1 Å². The fraction of sp³-hybridized carbons (Fsp3) is 0.455. The van der Waals surface area contributed by atoms with Crippen LogP contribution in [-0.4, -0.2) is 30.9 Å². The Labute approximate surface area is 117 Å². The number of rotatable bonds is 6. The van der Waals surface area contributed by atoms with Crippen molar-refractivity contribution >= 4 is 26.9 Å². The molecule has 8 nitrogen and oxygen atoms in total. The molecule has 0 atom stereocenters. The maximum Gasteiger partial charge on any atom is 0.273 e. The standard InChI is InChI=1S/C11H18N4O4S/c1-11(2,20(3,18)19)7-13-8-4-9(14-12)6-10(5-8)15(16)17/h4-6,13-14H,7,12H2,1-3H3. The molecular formula is C11H18N4O4S. The fourth-order valence-electron chi connectivity index (χ4n) is 1.35. The van der Waals surface area contributed by atoms with Crippen LogP contribution in [-0.2, 0) is 9.84 Å². The third kappa shape index (κ3) is 3.81. The van der Waals surface area contributed by atoms with E-state index in [4.69, 9.17) is 5.84 Å². The van der Waals surface area contributed by atoms with Gasteiger partial charge in [0.1, 0.15) is 0 Å². The first-order chi connectivity index (χ1) is 9.06. The lowest BCUT2D eigenvalue weighted by molar-refractivity contribution is -0.384. The molecule has 0 unspecified atom stereocenters. The molecule has 1 aromatic rings. The molecule has 0 aliphatic carbocycles. The number of hydrogen-bond donors (Lipinski definition) is 3. The molecule has 0 spiro atoms. The van der Waals surface area contributed by atoms with Gasteiger partial charge in [-0.2, -0.15) is 0 Å². The first-order valence-electron chi connectivity index (χ1n) is 5.76. The van der Waals surface area contributed by atoms with Gasteiger partial charge in [0.05, 0.1) is 15.4 Å². The van der Waals surface area contributed by atoms with Crippen molar-refractivity contribution in [3.8, 4) is 0 Å². The van der Waals surface area contributed by atoms with Crippen molar-refractivity contribution in [1.82, 2.24) is 0 Å². The number of nitrogens with one attached hydrogen (secondary N) is 2. The molecule has 0 aliphatic heterocycles. The Morgan fingerprint density at radius 2 is 1.85 bits per heavy atom. The van der Waals surface area contributed by atoms with Crippen LogP contribution in [0.15, 0.2) is 18.2 Å². The zero-order chi connectivity index (χ0) is 15.6. The van der Waals surface area contributed by atoms with Gasteiger partial charge in [-0.25, -0.2) is 8.42 Å². The van der Waals surface area contributed by atoms with Crippen molar-refractivity contribution in [1.29, 1.82) is 0 Å². The molecule has 4 N–H and O–H groups in total. The smallest absolute Gasteiger partial charge is 0.273 e. The Morgan fingerprint density at radius 1 is 1.30 bits per heavy atom. The Hall–Kier alpha value is -1.87. The minimum atomic E-state index is -3.25. The number of nitro benzene ring substituents is 1. The number of nitrogens with two attached hydrogens (primary N) is 1. The fourth-order valence-corrected chi connectivity index (χ4v) is 1.68. The molecular weight excluding hydrogens is 284 g/mol. The van der Waals surface area contributed by atoms with Crippen LogP contribution in [0.25, 0.3) is 0 Å². The molecule has 112 valence electrons. The molecule has 0 amide bonds. The molecule has 0 heterocycles. The van der Waals surface area contributed by atoms with Crippen LogP contribution in [0.5, 0.6) is 0 Å². The van der Waals surface area contributed by atoms with Gasteiger partial charge in [-0.15, -0.1) is 0 Å². The van der Waals surface area contributed by atoms with Gasteiger partial charge >= 0.3 is 0 Å². The number of nitrogens with zero attached hydrogens (tertiary/aromatic N) is 1. The quantitative estimate of drug-likeness (QED) is 0.408. The summed E-state index contributed by atoms with van der Waals surface area (Å²) in [6.45, 7) is 3.28. The zero-order valence-corrected chi connectivity index (χ0v) is 12.3. The van der Waals surface area contributed by atoms with Gasteiger partial charge in [-0.3, -0.25) is 16.0 Å². The van der Waals surface area contributed by atoms with Crippen molar-refractivity contribution in [2.45, 2.75) is 18.6 Å². The van der Waals surface area contributed by atoms with Crippen molar-refractivity contribution < 1.29 is 13.3 Å². The van der Waals surface area contributed by atoms with Gasteiger partial charge in [0.15, 0.2) is 9.84 Å². The minimum absolute atomic E-state index is 0.122. The summed E-state index contributed by atoms with van der Waals surface area (Å²) in [6, 6.07) is 4.16.